The third-order valence-electron chi connectivity index (χ3n) is 9.39. The summed E-state index contributed by atoms with van der Waals surface area (Å²) in [7, 11) is 0. The van der Waals surface area contributed by atoms with Gasteiger partial charge in [-0.25, -0.2) is 4.79 Å². The molecule has 5 unspecified atom stereocenters. The maximum absolute atomic E-state index is 13.5. The average Bonchev–Trinajstić information content (AvgIpc) is 3.18. The molecule has 1 aromatic carbocycles. The monoisotopic (exact) mass is 608 g/mol. The second-order valence-corrected chi connectivity index (χ2v) is 13.2. The van der Waals surface area contributed by atoms with Crippen LogP contribution in [0.1, 0.15) is 71.3 Å². The van der Waals surface area contributed by atoms with Crippen molar-refractivity contribution in [2.24, 2.45) is 10.9 Å². The van der Waals surface area contributed by atoms with Gasteiger partial charge in [0.2, 0.25) is 5.91 Å². The van der Waals surface area contributed by atoms with Gasteiger partial charge in [-0.1, -0.05) is 47.8 Å². The molecule has 218 valence electrons. The number of carbonyl (C=O) groups excluding carboxylic acids is 2. The first kappa shape index (κ1) is 29.7. The van der Waals surface area contributed by atoms with Gasteiger partial charge >= 0.3 is 6.09 Å². The highest BCUT2D eigenvalue weighted by Crippen LogP contribution is 2.44. The van der Waals surface area contributed by atoms with Crippen LogP contribution in [-0.2, 0) is 9.53 Å². The minimum absolute atomic E-state index is 0.00971. The number of piperazine rings is 1. The molecule has 3 fully saturated rings. The number of hydrogen-bond acceptors (Lipinski definition) is 5. The van der Waals surface area contributed by atoms with Gasteiger partial charge < -0.3 is 14.5 Å². The second kappa shape index (κ2) is 12.2. The SMILES string of the molecule is CC1=NC(CC(=O)N2CCN(C3CC4CCC(C3)N4C(=O)OC(C)Cl)CC2)=C(C)C(c2c(Cl)cccc2Cl)C1C. The normalized spacial score (nSPS) is 29.9. The Hall–Kier alpha value is -1.80. The van der Waals surface area contributed by atoms with Gasteiger partial charge in [-0.15, -0.1) is 0 Å². The molecule has 0 saturated carbocycles. The fourth-order valence-corrected chi connectivity index (χ4v) is 7.90. The summed E-state index contributed by atoms with van der Waals surface area (Å²) in [5, 5.41) is 1.29. The van der Waals surface area contributed by atoms with E-state index in [9.17, 15) is 9.59 Å². The molecule has 10 heteroatoms. The van der Waals surface area contributed by atoms with E-state index in [0.29, 0.717) is 29.2 Å². The van der Waals surface area contributed by atoms with Crippen molar-refractivity contribution in [2.75, 3.05) is 26.2 Å². The number of hydrogen-bond donors (Lipinski definition) is 0. The zero-order chi connectivity index (χ0) is 28.7. The number of piperidine rings is 1. The van der Waals surface area contributed by atoms with Gasteiger partial charge in [0.1, 0.15) is 0 Å². The number of amides is 2. The van der Waals surface area contributed by atoms with Crippen LogP contribution in [0, 0.1) is 5.92 Å². The molecule has 4 aliphatic rings. The number of aliphatic imine (C=N–C) groups is 1. The Morgan fingerprint density at radius 1 is 1.02 bits per heavy atom. The lowest BCUT2D eigenvalue weighted by Gasteiger charge is -2.45. The number of carbonyl (C=O) groups is 2. The van der Waals surface area contributed by atoms with Crippen LogP contribution in [0.2, 0.25) is 10.0 Å². The van der Waals surface area contributed by atoms with Crippen molar-refractivity contribution in [3.8, 4) is 0 Å². The molecule has 0 aromatic heterocycles. The van der Waals surface area contributed by atoms with E-state index < -0.39 is 5.56 Å². The number of rotatable bonds is 5. The van der Waals surface area contributed by atoms with Gasteiger partial charge in [0, 0.05) is 77.6 Å². The topological polar surface area (TPSA) is 65.5 Å². The molecule has 4 aliphatic heterocycles. The first-order valence-electron chi connectivity index (χ1n) is 14.4. The number of nitrogens with zero attached hydrogens (tertiary/aromatic N) is 4. The maximum atomic E-state index is 13.5. The van der Waals surface area contributed by atoms with Crippen molar-refractivity contribution in [3.05, 3.63) is 45.1 Å². The predicted octanol–water partition coefficient (Wildman–Crippen LogP) is 6.71. The summed E-state index contributed by atoms with van der Waals surface area (Å²) in [4.78, 5) is 37.3. The van der Waals surface area contributed by atoms with E-state index in [4.69, 9.17) is 44.5 Å². The van der Waals surface area contributed by atoms with E-state index in [1.165, 1.54) is 0 Å². The molecule has 1 aromatic rings. The molecule has 40 heavy (non-hydrogen) atoms. The Morgan fingerprint density at radius 2 is 1.62 bits per heavy atom. The molecule has 2 amide bonds. The van der Waals surface area contributed by atoms with E-state index in [1.807, 2.05) is 34.9 Å². The molecule has 0 N–H and O–H groups in total. The van der Waals surface area contributed by atoms with Crippen LogP contribution in [-0.4, -0.2) is 82.3 Å². The van der Waals surface area contributed by atoms with Crippen molar-refractivity contribution in [1.29, 1.82) is 0 Å². The lowest BCUT2D eigenvalue weighted by atomic mass is 9.77. The van der Waals surface area contributed by atoms with Crippen LogP contribution >= 0.6 is 34.8 Å². The Kier molecular flexibility index (Phi) is 9.06. The minimum Gasteiger partial charge on any atom is -0.430 e. The standard InChI is InChI=1S/C30H39Cl3N4O3/c1-17-19(3)34-26(18(2)28(17)29-24(32)6-5-7-25(29)33)16-27(38)36-12-10-35(11-13-36)23-14-21-8-9-22(15-23)37(21)30(39)40-20(4)31/h5-7,17,20-23,28H,8-16H2,1-4H3. The summed E-state index contributed by atoms with van der Waals surface area (Å²) in [5.74, 6) is 0.239. The van der Waals surface area contributed by atoms with Crippen molar-refractivity contribution >= 4 is 52.5 Å². The van der Waals surface area contributed by atoms with Crippen LogP contribution in [0.5, 0.6) is 0 Å². The largest absolute Gasteiger partial charge is 0.430 e. The van der Waals surface area contributed by atoms with E-state index >= 15 is 0 Å². The van der Waals surface area contributed by atoms with E-state index in [2.05, 4.69) is 18.7 Å². The third-order valence-corrected chi connectivity index (χ3v) is 10.1. The van der Waals surface area contributed by atoms with Gasteiger partial charge in [-0.3, -0.25) is 14.7 Å². The van der Waals surface area contributed by atoms with Crippen LogP contribution < -0.4 is 0 Å². The van der Waals surface area contributed by atoms with E-state index in [1.54, 1.807) is 6.92 Å². The molecule has 5 rings (SSSR count). The molecule has 0 aliphatic carbocycles. The Balaban J connectivity index is 1.20. The van der Waals surface area contributed by atoms with Crippen LogP contribution in [0.25, 0.3) is 0 Å². The summed E-state index contributed by atoms with van der Waals surface area (Å²) in [6.45, 7) is 11.0. The Labute approximate surface area is 252 Å². The number of allylic oxidation sites excluding steroid dienone is 1. The number of alkyl halides is 1. The summed E-state index contributed by atoms with van der Waals surface area (Å²) in [6, 6.07) is 6.43. The van der Waals surface area contributed by atoms with Crippen molar-refractivity contribution < 1.29 is 14.3 Å². The zero-order valence-corrected chi connectivity index (χ0v) is 26.0. The van der Waals surface area contributed by atoms with Gasteiger partial charge in [0.25, 0.3) is 0 Å². The van der Waals surface area contributed by atoms with Gasteiger partial charge in [0.15, 0.2) is 5.56 Å². The van der Waals surface area contributed by atoms with Crippen LogP contribution in [0.3, 0.4) is 0 Å². The van der Waals surface area contributed by atoms with Crippen LogP contribution in [0.4, 0.5) is 4.79 Å². The quantitative estimate of drug-likeness (QED) is 0.348. The Bertz CT molecular complexity index is 1180. The van der Waals surface area contributed by atoms with Crippen molar-refractivity contribution in [3.63, 3.8) is 0 Å². The first-order valence-corrected chi connectivity index (χ1v) is 15.6. The number of fused-ring (bicyclic) bond motifs is 2. The predicted molar refractivity (Wildman–Crippen MR) is 160 cm³/mol. The molecule has 3 saturated heterocycles. The molecule has 7 nitrogen and oxygen atoms in total. The minimum atomic E-state index is -0.624. The summed E-state index contributed by atoms with van der Waals surface area (Å²) < 4.78 is 5.29. The highest BCUT2D eigenvalue weighted by atomic mass is 35.5. The molecular formula is C30H39Cl3N4O3. The number of benzene rings is 1. The number of ether oxygens (including phenoxy) is 1. The third kappa shape index (κ3) is 5.90. The fourth-order valence-electron chi connectivity index (χ4n) is 7.19. The zero-order valence-electron chi connectivity index (χ0n) is 23.7. The lowest BCUT2D eigenvalue weighted by Crippen LogP contribution is -2.57. The van der Waals surface area contributed by atoms with Crippen molar-refractivity contribution in [1.82, 2.24) is 14.7 Å². The first-order chi connectivity index (χ1) is 19.0. The van der Waals surface area contributed by atoms with Gasteiger partial charge in [-0.2, -0.15) is 0 Å². The summed E-state index contributed by atoms with van der Waals surface area (Å²) >= 11 is 19.1. The lowest BCUT2D eigenvalue weighted by molar-refractivity contribution is -0.132. The molecule has 5 atom stereocenters. The Morgan fingerprint density at radius 3 is 2.20 bits per heavy atom. The van der Waals surface area contributed by atoms with E-state index in [-0.39, 0.29) is 42.3 Å². The second-order valence-electron chi connectivity index (χ2n) is 11.7. The average molecular weight is 610 g/mol. The molecule has 0 radical (unpaired) electrons. The molecule has 2 bridgehead atoms. The maximum Gasteiger partial charge on any atom is 0.411 e. The summed E-state index contributed by atoms with van der Waals surface area (Å²) in [5.41, 5.74) is 3.16. The highest BCUT2D eigenvalue weighted by Gasteiger charge is 2.46. The molecule has 4 heterocycles. The highest BCUT2D eigenvalue weighted by molar-refractivity contribution is 6.36. The van der Waals surface area contributed by atoms with E-state index in [0.717, 1.165) is 61.3 Å². The van der Waals surface area contributed by atoms with Gasteiger partial charge in [-0.05, 0) is 69.7 Å². The molecule has 0 spiro atoms. The smallest absolute Gasteiger partial charge is 0.411 e. The van der Waals surface area contributed by atoms with Crippen LogP contribution in [0.15, 0.2) is 34.5 Å². The molecular weight excluding hydrogens is 571 g/mol. The fraction of sp³-hybridized carbons (Fsp3) is 0.633. The van der Waals surface area contributed by atoms with Gasteiger partial charge in [0.05, 0.1) is 6.42 Å². The summed E-state index contributed by atoms with van der Waals surface area (Å²) in [6.07, 6.45) is 3.90. The number of halogens is 3. The van der Waals surface area contributed by atoms with Crippen molar-refractivity contribution in [2.45, 2.75) is 89.4 Å².